The zero-order valence-electron chi connectivity index (χ0n) is 13.6. The van der Waals surface area contributed by atoms with Crippen LogP contribution in [0.15, 0.2) is 0 Å². The molecule has 1 saturated carbocycles. The van der Waals surface area contributed by atoms with Gasteiger partial charge in [-0.15, -0.1) is 0 Å². The van der Waals surface area contributed by atoms with Crippen LogP contribution >= 0.6 is 0 Å². The van der Waals surface area contributed by atoms with Gasteiger partial charge in [-0.2, -0.15) is 0 Å². The van der Waals surface area contributed by atoms with E-state index in [2.05, 4.69) is 12.2 Å². The molecular formula is C15H30N2O3. The van der Waals surface area contributed by atoms with Gasteiger partial charge in [-0.1, -0.05) is 0 Å². The molecule has 1 unspecified atom stereocenters. The summed E-state index contributed by atoms with van der Waals surface area (Å²) in [6.07, 6.45) is 2.97. The molecule has 1 atom stereocenters. The van der Waals surface area contributed by atoms with Crippen LogP contribution in [0.5, 0.6) is 0 Å². The number of rotatable bonds is 8. The van der Waals surface area contributed by atoms with Crippen molar-refractivity contribution in [2.24, 2.45) is 0 Å². The molecule has 0 aromatic carbocycles. The van der Waals surface area contributed by atoms with Gasteiger partial charge in [0.2, 0.25) is 0 Å². The maximum absolute atomic E-state index is 12.1. The summed E-state index contributed by atoms with van der Waals surface area (Å²) in [5, 5.41) is 3.38. The molecule has 5 nitrogen and oxygen atoms in total. The van der Waals surface area contributed by atoms with Gasteiger partial charge in [0.15, 0.2) is 0 Å². The minimum Gasteiger partial charge on any atom is -0.444 e. The smallest absolute Gasteiger partial charge is 0.410 e. The molecule has 0 bridgehead atoms. The average molecular weight is 286 g/mol. The van der Waals surface area contributed by atoms with E-state index in [1.807, 2.05) is 25.7 Å². The maximum atomic E-state index is 12.1. The molecule has 0 saturated heterocycles. The van der Waals surface area contributed by atoms with Gasteiger partial charge in [0, 0.05) is 25.7 Å². The zero-order chi connectivity index (χ0) is 15.2. The fourth-order valence-electron chi connectivity index (χ4n) is 2.04. The Balaban J connectivity index is 2.28. The number of carbonyl (C=O) groups excluding carboxylic acids is 1. The summed E-state index contributed by atoms with van der Waals surface area (Å²) in [5.41, 5.74) is -0.421. The molecule has 20 heavy (non-hydrogen) atoms. The molecule has 1 aliphatic rings. The molecule has 0 aromatic heterocycles. The van der Waals surface area contributed by atoms with E-state index in [1.165, 1.54) is 0 Å². The lowest BCUT2D eigenvalue weighted by Gasteiger charge is -2.27. The highest BCUT2D eigenvalue weighted by atomic mass is 16.6. The van der Waals surface area contributed by atoms with Crippen LogP contribution in [-0.2, 0) is 9.47 Å². The van der Waals surface area contributed by atoms with Crippen LogP contribution in [0.4, 0.5) is 4.79 Å². The second-order valence-electron chi connectivity index (χ2n) is 6.57. The summed E-state index contributed by atoms with van der Waals surface area (Å²) in [6.45, 7) is 10.2. The van der Waals surface area contributed by atoms with Crippen molar-refractivity contribution in [2.45, 2.75) is 64.6 Å². The van der Waals surface area contributed by atoms with E-state index < -0.39 is 5.60 Å². The van der Waals surface area contributed by atoms with Gasteiger partial charge in [-0.05, 0) is 53.5 Å². The number of nitrogens with one attached hydrogen (secondary N) is 1. The summed E-state index contributed by atoms with van der Waals surface area (Å²) in [6, 6.07) is 0.733. The molecule has 1 amide bonds. The minimum atomic E-state index is -0.421. The van der Waals surface area contributed by atoms with E-state index in [4.69, 9.17) is 9.47 Å². The Morgan fingerprint density at radius 2 is 2.05 bits per heavy atom. The van der Waals surface area contributed by atoms with Gasteiger partial charge < -0.3 is 19.7 Å². The van der Waals surface area contributed by atoms with Gasteiger partial charge in [-0.25, -0.2) is 4.79 Å². The highest BCUT2D eigenvalue weighted by Gasteiger charge is 2.34. The first kappa shape index (κ1) is 17.2. The monoisotopic (exact) mass is 286 g/mol. The van der Waals surface area contributed by atoms with Crippen LogP contribution in [0.1, 0.15) is 47.0 Å². The molecule has 118 valence electrons. The lowest BCUT2D eigenvalue weighted by Crippen LogP contribution is -2.40. The Morgan fingerprint density at radius 3 is 2.55 bits per heavy atom. The maximum Gasteiger partial charge on any atom is 0.410 e. The predicted octanol–water partition coefficient (Wildman–Crippen LogP) is 2.40. The van der Waals surface area contributed by atoms with Crippen molar-refractivity contribution < 1.29 is 14.3 Å². The minimum absolute atomic E-state index is 0.176. The Labute approximate surface area is 123 Å². The van der Waals surface area contributed by atoms with Crippen LogP contribution in [-0.4, -0.2) is 55.5 Å². The molecule has 1 fully saturated rings. The zero-order valence-corrected chi connectivity index (χ0v) is 13.6. The number of ether oxygens (including phenoxy) is 2. The topological polar surface area (TPSA) is 50.8 Å². The van der Waals surface area contributed by atoms with Gasteiger partial charge >= 0.3 is 6.09 Å². The number of hydrogen-bond donors (Lipinski definition) is 1. The highest BCUT2D eigenvalue weighted by molar-refractivity contribution is 5.69. The van der Waals surface area contributed by atoms with Crippen LogP contribution in [0.25, 0.3) is 0 Å². The molecule has 1 aliphatic carbocycles. The molecule has 0 aliphatic heterocycles. The summed E-state index contributed by atoms with van der Waals surface area (Å²) in [4.78, 5) is 14.0. The van der Waals surface area contributed by atoms with Gasteiger partial charge in [0.1, 0.15) is 5.60 Å². The number of amides is 1. The lowest BCUT2D eigenvalue weighted by atomic mass is 10.2. The summed E-state index contributed by atoms with van der Waals surface area (Å²) >= 11 is 0. The quantitative estimate of drug-likeness (QED) is 0.696. The Bertz CT molecular complexity index is 298. The molecule has 1 rings (SSSR count). The van der Waals surface area contributed by atoms with Crippen LogP contribution in [0, 0.1) is 0 Å². The fourth-order valence-corrected chi connectivity index (χ4v) is 2.04. The fraction of sp³-hybridized carbons (Fsp3) is 0.933. The Kier molecular flexibility index (Phi) is 6.76. The van der Waals surface area contributed by atoms with Crippen molar-refractivity contribution in [3.8, 4) is 0 Å². The molecule has 0 aromatic rings. The lowest BCUT2D eigenvalue weighted by molar-refractivity contribution is 0.0231. The largest absolute Gasteiger partial charge is 0.444 e. The summed E-state index contributed by atoms with van der Waals surface area (Å²) in [5.74, 6) is 0. The van der Waals surface area contributed by atoms with Crippen molar-refractivity contribution in [1.29, 1.82) is 0 Å². The first-order valence-corrected chi connectivity index (χ1v) is 7.55. The normalized spacial score (nSPS) is 16.9. The van der Waals surface area contributed by atoms with E-state index in [1.54, 1.807) is 7.11 Å². The van der Waals surface area contributed by atoms with Crippen molar-refractivity contribution in [3.63, 3.8) is 0 Å². The third-order valence-corrected chi connectivity index (χ3v) is 3.10. The van der Waals surface area contributed by atoms with Gasteiger partial charge in [0.25, 0.3) is 0 Å². The number of methoxy groups -OCH3 is 1. The van der Waals surface area contributed by atoms with Crippen LogP contribution < -0.4 is 5.32 Å². The first-order chi connectivity index (χ1) is 9.33. The van der Waals surface area contributed by atoms with Crippen molar-refractivity contribution in [3.05, 3.63) is 0 Å². The molecular weight excluding hydrogens is 256 g/mol. The van der Waals surface area contributed by atoms with Crippen LogP contribution in [0.3, 0.4) is 0 Å². The Morgan fingerprint density at radius 1 is 1.40 bits per heavy atom. The van der Waals surface area contributed by atoms with E-state index >= 15 is 0 Å². The molecule has 5 heteroatoms. The van der Waals surface area contributed by atoms with E-state index in [0.29, 0.717) is 18.7 Å². The van der Waals surface area contributed by atoms with Crippen molar-refractivity contribution >= 4 is 6.09 Å². The second kappa shape index (κ2) is 7.84. The SMILES string of the molecule is COCC(C)NCCCN(C(=O)OC(C)(C)C)C1CC1. The number of nitrogens with zero attached hydrogens (tertiary/aromatic N) is 1. The Hall–Kier alpha value is -0.810. The summed E-state index contributed by atoms with van der Waals surface area (Å²) < 4.78 is 10.5. The molecule has 1 N–H and O–H groups in total. The van der Waals surface area contributed by atoms with E-state index in [9.17, 15) is 4.79 Å². The van der Waals surface area contributed by atoms with Crippen molar-refractivity contribution in [1.82, 2.24) is 10.2 Å². The third-order valence-electron chi connectivity index (χ3n) is 3.10. The van der Waals surface area contributed by atoms with E-state index in [-0.39, 0.29) is 6.09 Å². The first-order valence-electron chi connectivity index (χ1n) is 7.55. The van der Waals surface area contributed by atoms with Crippen LogP contribution in [0.2, 0.25) is 0 Å². The molecule has 0 spiro atoms. The number of hydrogen-bond acceptors (Lipinski definition) is 4. The molecule has 0 heterocycles. The van der Waals surface area contributed by atoms with Crippen molar-refractivity contribution in [2.75, 3.05) is 26.8 Å². The summed E-state index contributed by atoms with van der Waals surface area (Å²) in [7, 11) is 1.70. The molecule has 0 radical (unpaired) electrons. The third kappa shape index (κ3) is 7.10. The predicted molar refractivity (Wildman–Crippen MR) is 79.9 cm³/mol. The van der Waals surface area contributed by atoms with Gasteiger partial charge in [0.05, 0.1) is 6.61 Å². The average Bonchev–Trinajstić information content (AvgIpc) is 3.10. The van der Waals surface area contributed by atoms with E-state index in [0.717, 1.165) is 32.4 Å². The number of carbonyl (C=O) groups is 1. The van der Waals surface area contributed by atoms with Gasteiger partial charge in [-0.3, -0.25) is 0 Å². The second-order valence-corrected chi connectivity index (χ2v) is 6.57. The standard InChI is InChI=1S/C15H30N2O3/c1-12(11-19-5)16-9-6-10-17(13-7-8-13)14(18)20-15(2,3)4/h12-13,16H,6-11H2,1-5H3. The highest BCUT2D eigenvalue weighted by Crippen LogP contribution is 2.28.